The second-order valence-corrected chi connectivity index (χ2v) is 8.09. The van der Waals surface area contributed by atoms with Crippen molar-refractivity contribution in [2.24, 2.45) is 0 Å². The van der Waals surface area contributed by atoms with E-state index in [1.807, 2.05) is 89.5 Å². The number of ether oxygens (including phenoxy) is 1. The third kappa shape index (κ3) is 5.56. The number of nitrogens with zero attached hydrogens (tertiary/aromatic N) is 3. The van der Waals surface area contributed by atoms with Gasteiger partial charge in [-0.15, -0.1) is 10.2 Å². The second kappa shape index (κ2) is 10.6. The number of carbonyl (C=O) groups excluding carboxylic acids is 1. The van der Waals surface area contributed by atoms with Crippen molar-refractivity contribution in [3.63, 3.8) is 0 Å². The number of amides is 1. The Bertz CT molecular complexity index is 1150. The van der Waals surface area contributed by atoms with Crippen LogP contribution in [0.5, 0.6) is 5.75 Å². The highest BCUT2D eigenvalue weighted by Crippen LogP contribution is 2.24. The Morgan fingerprint density at radius 1 is 0.906 bits per heavy atom. The number of thioether (sulfide) groups is 1. The topological polar surface area (TPSA) is 69.0 Å². The molecule has 0 aliphatic heterocycles. The molecular formula is C25H24N4O2S. The van der Waals surface area contributed by atoms with Crippen LogP contribution in [-0.2, 0) is 17.8 Å². The van der Waals surface area contributed by atoms with E-state index in [0.29, 0.717) is 18.1 Å². The van der Waals surface area contributed by atoms with Gasteiger partial charge in [-0.2, -0.15) is 0 Å². The molecule has 1 N–H and O–H groups in total. The van der Waals surface area contributed by atoms with Gasteiger partial charge in [0.15, 0.2) is 5.16 Å². The number of nitrogens with one attached hydrogen (secondary N) is 1. The van der Waals surface area contributed by atoms with Gasteiger partial charge in [0.2, 0.25) is 5.91 Å². The summed E-state index contributed by atoms with van der Waals surface area (Å²) < 4.78 is 7.26. The summed E-state index contributed by atoms with van der Waals surface area (Å²) in [6.07, 6.45) is 0.618. The normalized spacial score (nSPS) is 10.7. The number of hydrogen-bond acceptors (Lipinski definition) is 5. The molecule has 6 nitrogen and oxygen atoms in total. The Morgan fingerprint density at radius 2 is 1.59 bits per heavy atom. The molecule has 3 aromatic carbocycles. The van der Waals surface area contributed by atoms with Crippen LogP contribution < -0.4 is 10.1 Å². The van der Waals surface area contributed by atoms with Gasteiger partial charge >= 0.3 is 0 Å². The molecule has 0 spiro atoms. The van der Waals surface area contributed by atoms with Gasteiger partial charge in [-0.05, 0) is 35.4 Å². The van der Waals surface area contributed by atoms with E-state index < -0.39 is 0 Å². The van der Waals surface area contributed by atoms with E-state index in [2.05, 4.69) is 15.5 Å². The maximum atomic E-state index is 12.4. The number of para-hydroxylation sites is 1. The van der Waals surface area contributed by atoms with Crippen LogP contribution in [0.15, 0.2) is 90.1 Å². The lowest BCUT2D eigenvalue weighted by Gasteiger charge is -2.11. The summed E-state index contributed by atoms with van der Waals surface area (Å²) in [6.45, 7) is 0.508. The Labute approximate surface area is 191 Å². The van der Waals surface area contributed by atoms with E-state index in [-0.39, 0.29) is 11.7 Å². The smallest absolute Gasteiger partial charge is 0.230 e. The van der Waals surface area contributed by atoms with Crippen molar-refractivity contribution in [1.82, 2.24) is 20.1 Å². The molecule has 32 heavy (non-hydrogen) atoms. The van der Waals surface area contributed by atoms with Crippen molar-refractivity contribution in [2.75, 3.05) is 12.9 Å². The average molecular weight is 445 g/mol. The molecule has 0 aliphatic carbocycles. The van der Waals surface area contributed by atoms with E-state index in [1.165, 1.54) is 11.8 Å². The molecule has 4 aromatic rings. The first-order chi connectivity index (χ1) is 15.7. The molecule has 7 heteroatoms. The van der Waals surface area contributed by atoms with Gasteiger partial charge in [-0.25, -0.2) is 0 Å². The third-order valence-electron chi connectivity index (χ3n) is 4.90. The van der Waals surface area contributed by atoms with Crippen molar-refractivity contribution in [3.05, 3.63) is 102 Å². The first kappa shape index (κ1) is 21.6. The van der Waals surface area contributed by atoms with Crippen LogP contribution in [0.3, 0.4) is 0 Å². The van der Waals surface area contributed by atoms with E-state index >= 15 is 0 Å². The Hall–Kier alpha value is -3.58. The Morgan fingerprint density at radius 3 is 2.28 bits per heavy atom. The molecule has 162 valence electrons. The van der Waals surface area contributed by atoms with Gasteiger partial charge in [-0.1, -0.05) is 72.4 Å². The van der Waals surface area contributed by atoms with Crippen LogP contribution in [0, 0.1) is 0 Å². The third-order valence-corrected chi connectivity index (χ3v) is 5.83. The summed E-state index contributed by atoms with van der Waals surface area (Å²) in [5.41, 5.74) is 3.14. The minimum atomic E-state index is -0.0434. The zero-order valence-electron chi connectivity index (χ0n) is 17.8. The van der Waals surface area contributed by atoms with Crippen LogP contribution in [-0.4, -0.2) is 33.5 Å². The van der Waals surface area contributed by atoms with Gasteiger partial charge in [0, 0.05) is 18.7 Å². The fraction of sp³-hybridized carbons (Fsp3) is 0.160. The molecule has 1 amide bonds. The van der Waals surface area contributed by atoms with Crippen molar-refractivity contribution >= 4 is 17.7 Å². The summed E-state index contributed by atoms with van der Waals surface area (Å²) in [4.78, 5) is 12.4. The zero-order valence-corrected chi connectivity index (χ0v) is 18.6. The molecule has 0 fully saturated rings. The fourth-order valence-electron chi connectivity index (χ4n) is 3.25. The SMILES string of the molecule is COc1ccc(Cc2nnc(SCC(=O)NCc3ccccc3)n2-c2ccccc2)cc1. The molecule has 0 radical (unpaired) electrons. The van der Waals surface area contributed by atoms with Crippen molar-refractivity contribution in [2.45, 2.75) is 18.1 Å². The molecule has 0 aliphatic rings. The first-order valence-corrected chi connectivity index (χ1v) is 11.3. The molecule has 0 saturated carbocycles. The van der Waals surface area contributed by atoms with Crippen molar-refractivity contribution < 1.29 is 9.53 Å². The van der Waals surface area contributed by atoms with Crippen molar-refractivity contribution in [1.29, 1.82) is 0 Å². The quantitative estimate of drug-likeness (QED) is 0.390. The van der Waals surface area contributed by atoms with Gasteiger partial charge in [-0.3, -0.25) is 9.36 Å². The molecule has 0 bridgehead atoms. The predicted molar refractivity (Wildman–Crippen MR) is 126 cm³/mol. The van der Waals surface area contributed by atoms with Crippen LogP contribution in [0.2, 0.25) is 0 Å². The van der Waals surface area contributed by atoms with E-state index in [0.717, 1.165) is 28.4 Å². The highest BCUT2D eigenvalue weighted by molar-refractivity contribution is 7.99. The van der Waals surface area contributed by atoms with Crippen LogP contribution in [0.25, 0.3) is 5.69 Å². The summed E-state index contributed by atoms with van der Waals surface area (Å²) in [5, 5.41) is 12.5. The van der Waals surface area contributed by atoms with E-state index in [1.54, 1.807) is 7.11 Å². The highest BCUT2D eigenvalue weighted by Gasteiger charge is 2.16. The van der Waals surface area contributed by atoms with Crippen LogP contribution in [0.1, 0.15) is 17.0 Å². The standard InChI is InChI=1S/C25H24N4O2S/c1-31-22-14-12-19(13-15-22)16-23-27-28-25(29(23)21-10-6-3-7-11-21)32-18-24(30)26-17-20-8-4-2-5-9-20/h2-15H,16-18H2,1H3,(H,26,30). The minimum absolute atomic E-state index is 0.0434. The van der Waals surface area contributed by atoms with Crippen molar-refractivity contribution in [3.8, 4) is 11.4 Å². The Balaban J connectivity index is 1.48. The second-order valence-electron chi connectivity index (χ2n) is 7.15. The lowest BCUT2D eigenvalue weighted by molar-refractivity contribution is -0.118. The average Bonchev–Trinajstić information content (AvgIpc) is 3.25. The van der Waals surface area contributed by atoms with E-state index in [4.69, 9.17) is 4.74 Å². The molecule has 1 aromatic heterocycles. The summed E-state index contributed by atoms with van der Waals surface area (Å²) in [7, 11) is 1.65. The number of rotatable bonds is 9. The highest BCUT2D eigenvalue weighted by atomic mass is 32.2. The summed E-state index contributed by atoms with van der Waals surface area (Å²) >= 11 is 1.38. The summed E-state index contributed by atoms with van der Waals surface area (Å²) in [6, 6.07) is 27.7. The molecule has 1 heterocycles. The lowest BCUT2D eigenvalue weighted by atomic mass is 10.1. The number of hydrogen-bond donors (Lipinski definition) is 1. The van der Waals surface area contributed by atoms with Gasteiger partial charge < -0.3 is 10.1 Å². The van der Waals surface area contributed by atoms with Crippen LogP contribution >= 0.6 is 11.8 Å². The molecule has 4 rings (SSSR count). The molecule has 0 saturated heterocycles. The summed E-state index contributed by atoms with van der Waals surface area (Å²) in [5.74, 6) is 1.85. The number of benzene rings is 3. The largest absolute Gasteiger partial charge is 0.497 e. The molecule has 0 unspecified atom stereocenters. The van der Waals surface area contributed by atoms with Gasteiger partial charge in [0.1, 0.15) is 11.6 Å². The maximum absolute atomic E-state index is 12.4. The Kier molecular flexibility index (Phi) is 7.19. The van der Waals surface area contributed by atoms with Gasteiger partial charge in [0.25, 0.3) is 0 Å². The first-order valence-electron chi connectivity index (χ1n) is 10.3. The fourth-order valence-corrected chi connectivity index (χ4v) is 4.05. The number of methoxy groups -OCH3 is 1. The maximum Gasteiger partial charge on any atom is 0.230 e. The molecule has 0 atom stereocenters. The zero-order chi connectivity index (χ0) is 22.2. The number of carbonyl (C=O) groups is 1. The lowest BCUT2D eigenvalue weighted by Crippen LogP contribution is -2.24. The monoisotopic (exact) mass is 444 g/mol. The predicted octanol–water partition coefficient (Wildman–Crippen LogP) is 4.28. The van der Waals surface area contributed by atoms with Gasteiger partial charge in [0.05, 0.1) is 12.9 Å². The minimum Gasteiger partial charge on any atom is -0.497 e. The van der Waals surface area contributed by atoms with E-state index in [9.17, 15) is 4.79 Å². The number of aromatic nitrogens is 3. The van der Waals surface area contributed by atoms with Crippen LogP contribution in [0.4, 0.5) is 0 Å². The molecular weight excluding hydrogens is 420 g/mol.